The summed E-state index contributed by atoms with van der Waals surface area (Å²) in [5, 5.41) is 4.22. The number of benzene rings is 1. The topological polar surface area (TPSA) is 60.5 Å². The van der Waals surface area contributed by atoms with Gasteiger partial charge in [-0.1, -0.05) is 11.6 Å². The van der Waals surface area contributed by atoms with Crippen molar-refractivity contribution in [1.82, 2.24) is 4.98 Å². The van der Waals surface area contributed by atoms with Crippen molar-refractivity contribution in [1.29, 1.82) is 0 Å². The number of hydrogen-bond acceptors (Lipinski definition) is 6. The van der Waals surface area contributed by atoms with E-state index in [-0.39, 0.29) is 0 Å². The van der Waals surface area contributed by atoms with Crippen LogP contribution in [0.1, 0.15) is 22.3 Å². The molecule has 2 rings (SSSR count). The van der Waals surface area contributed by atoms with Gasteiger partial charge in [0.25, 0.3) is 0 Å². The number of anilines is 2. The largest absolute Gasteiger partial charge is 0.495 e. The molecule has 0 amide bonds. The minimum absolute atomic E-state index is 0.326. The normalized spacial score (nSPS) is 10.3. The molecule has 0 atom stereocenters. The van der Waals surface area contributed by atoms with Crippen molar-refractivity contribution in [3.05, 3.63) is 33.8 Å². The van der Waals surface area contributed by atoms with Gasteiger partial charge in [0.05, 0.1) is 18.7 Å². The number of hydrogen-bond donors (Lipinski definition) is 1. The summed E-state index contributed by atoms with van der Waals surface area (Å²) in [5.41, 5.74) is 1.11. The van der Waals surface area contributed by atoms with E-state index in [2.05, 4.69) is 10.3 Å². The van der Waals surface area contributed by atoms with Gasteiger partial charge in [-0.2, -0.15) is 0 Å². The maximum atomic E-state index is 11.7. The van der Waals surface area contributed by atoms with Crippen molar-refractivity contribution >= 4 is 39.7 Å². The lowest BCUT2D eigenvalue weighted by atomic mass is 10.3. The van der Waals surface area contributed by atoms with Gasteiger partial charge in [-0.15, -0.1) is 11.3 Å². The molecule has 0 bridgehead atoms. The van der Waals surface area contributed by atoms with Crippen LogP contribution in [0.2, 0.25) is 5.02 Å². The second kappa shape index (κ2) is 6.78. The summed E-state index contributed by atoms with van der Waals surface area (Å²) in [6, 6.07) is 5.32. The van der Waals surface area contributed by atoms with Crippen molar-refractivity contribution in [3.63, 3.8) is 0 Å². The molecular formula is C14H15ClN2O3S. The second-order valence-corrected chi connectivity index (χ2v) is 5.73. The summed E-state index contributed by atoms with van der Waals surface area (Å²) in [6.45, 7) is 3.92. The highest BCUT2D eigenvalue weighted by Gasteiger charge is 2.16. The molecule has 0 fully saturated rings. The number of rotatable bonds is 5. The Kier molecular flexibility index (Phi) is 5.03. The van der Waals surface area contributed by atoms with Gasteiger partial charge in [0.2, 0.25) is 0 Å². The van der Waals surface area contributed by atoms with E-state index in [0.29, 0.717) is 28.2 Å². The number of aryl methyl sites for hydroxylation is 1. The molecule has 0 aliphatic heterocycles. The van der Waals surface area contributed by atoms with Crippen LogP contribution in [0.5, 0.6) is 5.75 Å². The van der Waals surface area contributed by atoms with Crippen LogP contribution in [0.4, 0.5) is 10.8 Å². The predicted molar refractivity (Wildman–Crippen MR) is 84.1 cm³/mol. The molecule has 0 saturated heterocycles. The molecule has 1 N–H and O–H groups in total. The number of carbonyl (C=O) groups is 1. The minimum atomic E-state index is -0.410. The summed E-state index contributed by atoms with van der Waals surface area (Å²) in [6.07, 6.45) is 0. The molecule has 112 valence electrons. The van der Waals surface area contributed by atoms with E-state index < -0.39 is 5.97 Å². The standard InChI is InChI=1S/C14H15ClN2O3S/c1-4-20-13(18)12-8(2)21-14(17-12)16-9-5-6-11(19-3)10(15)7-9/h5-7H,4H2,1-3H3,(H,16,17). The van der Waals surface area contributed by atoms with Crippen molar-refractivity contribution in [2.75, 3.05) is 19.0 Å². The monoisotopic (exact) mass is 326 g/mol. The van der Waals surface area contributed by atoms with Gasteiger partial charge in [-0.25, -0.2) is 9.78 Å². The molecule has 0 aliphatic carbocycles. The maximum Gasteiger partial charge on any atom is 0.358 e. The Morgan fingerprint density at radius 3 is 2.86 bits per heavy atom. The fraction of sp³-hybridized carbons (Fsp3) is 0.286. The minimum Gasteiger partial charge on any atom is -0.495 e. The molecule has 0 unspecified atom stereocenters. The van der Waals surface area contributed by atoms with E-state index in [0.717, 1.165) is 10.6 Å². The van der Waals surface area contributed by atoms with Crippen LogP contribution in [0.3, 0.4) is 0 Å². The Balaban J connectivity index is 2.18. The second-order valence-electron chi connectivity index (χ2n) is 4.12. The van der Waals surface area contributed by atoms with Gasteiger partial charge in [0.1, 0.15) is 5.75 Å². The fourth-order valence-electron chi connectivity index (χ4n) is 1.71. The quantitative estimate of drug-likeness (QED) is 0.840. The number of ether oxygens (including phenoxy) is 2. The third-order valence-corrected chi connectivity index (χ3v) is 3.85. The van der Waals surface area contributed by atoms with E-state index in [1.807, 2.05) is 13.0 Å². The molecular weight excluding hydrogens is 312 g/mol. The zero-order chi connectivity index (χ0) is 15.4. The first kappa shape index (κ1) is 15.6. The van der Waals surface area contributed by atoms with Crippen LogP contribution in [0, 0.1) is 6.92 Å². The number of aromatic nitrogens is 1. The molecule has 5 nitrogen and oxygen atoms in total. The Labute approximate surface area is 131 Å². The first-order chi connectivity index (χ1) is 10.0. The molecule has 1 heterocycles. The highest BCUT2D eigenvalue weighted by molar-refractivity contribution is 7.15. The van der Waals surface area contributed by atoms with Crippen LogP contribution in [0.25, 0.3) is 0 Å². The predicted octanol–water partition coefficient (Wildman–Crippen LogP) is 4.03. The molecule has 1 aromatic carbocycles. The zero-order valence-corrected chi connectivity index (χ0v) is 13.5. The number of nitrogens with one attached hydrogen (secondary N) is 1. The third kappa shape index (κ3) is 3.65. The smallest absolute Gasteiger partial charge is 0.358 e. The van der Waals surface area contributed by atoms with Gasteiger partial charge in [-0.05, 0) is 32.0 Å². The summed E-state index contributed by atoms with van der Waals surface area (Å²) in [5.74, 6) is 0.191. The fourth-order valence-corrected chi connectivity index (χ4v) is 2.79. The van der Waals surface area contributed by atoms with Crippen LogP contribution in [-0.2, 0) is 4.74 Å². The lowest BCUT2D eigenvalue weighted by Crippen LogP contribution is -2.06. The van der Waals surface area contributed by atoms with Crippen molar-refractivity contribution < 1.29 is 14.3 Å². The molecule has 0 spiro atoms. The Morgan fingerprint density at radius 2 is 2.24 bits per heavy atom. The van der Waals surface area contributed by atoms with Crippen LogP contribution in [-0.4, -0.2) is 24.7 Å². The van der Waals surface area contributed by atoms with Crippen LogP contribution in [0.15, 0.2) is 18.2 Å². The van der Waals surface area contributed by atoms with E-state index in [1.165, 1.54) is 11.3 Å². The number of thiazole rings is 1. The molecule has 1 aromatic heterocycles. The van der Waals surface area contributed by atoms with E-state index in [9.17, 15) is 4.79 Å². The summed E-state index contributed by atoms with van der Waals surface area (Å²) in [4.78, 5) is 16.8. The molecule has 21 heavy (non-hydrogen) atoms. The van der Waals surface area contributed by atoms with Gasteiger partial charge < -0.3 is 14.8 Å². The first-order valence-corrected chi connectivity index (χ1v) is 7.49. The first-order valence-electron chi connectivity index (χ1n) is 6.30. The van der Waals surface area contributed by atoms with Crippen LogP contribution >= 0.6 is 22.9 Å². The highest BCUT2D eigenvalue weighted by atomic mass is 35.5. The van der Waals surface area contributed by atoms with Crippen molar-refractivity contribution in [3.8, 4) is 5.75 Å². The SMILES string of the molecule is CCOC(=O)c1nc(Nc2ccc(OC)c(Cl)c2)sc1C. The summed E-state index contributed by atoms with van der Waals surface area (Å²) >= 11 is 7.45. The summed E-state index contributed by atoms with van der Waals surface area (Å²) in [7, 11) is 1.56. The number of methoxy groups -OCH3 is 1. The lowest BCUT2D eigenvalue weighted by Gasteiger charge is -2.06. The van der Waals surface area contributed by atoms with Gasteiger partial charge in [0, 0.05) is 10.6 Å². The van der Waals surface area contributed by atoms with E-state index >= 15 is 0 Å². The number of halogens is 1. The van der Waals surface area contributed by atoms with Gasteiger partial charge in [-0.3, -0.25) is 0 Å². The molecule has 0 aliphatic rings. The van der Waals surface area contributed by atoms with Crippen molar-refractivity contribution in [2.24, 2.45) is 0 Å². The Morgan fingerprint density at radius 1 is 1.48 bits per heavy atom. The number of nitrogens with zero attached hydrogens (tertiary/aromatic N) is 1. The molecule has 7 heteroatoms. The van der Waals surface area contributed by atoms with Crippen LogP contribution < -0.4 is 10.1 Å². The molecule has 2 aromatic rings. The van der Waals surface area contributed by atoms with E-state index in [4.69, 9.17) is 21.1 Å². The Bertz CT molecular complexity index is 658. The Hall–Kier alpha value is -1.79. The van der Waals surface area contributed by atoms with Crippen molar-refractivity contribution in [2.45, 2.75) is 13.8 Å². The third-order valence-electron chi connectivity index (χ3n) is 2.67. The van der Waals surface area contributed by atoms with E-state index in [1.54, 1.807) is 26.2 Å². The van der Waals surface area contributed by atoms with Gasteiger partial charge in [0.15, 0.2) is 10.8 Å². The average Bonchev–Trinajstić information content (AvgIpc) is 2.80. The highest BCUT2D eigenvalue weighted by Crippen LogP contribution is 2.31. The lowest BCUT2D eigenvalue weighted by molar-refractivity contribution is 0.0519. The number of carbonyl (C=O) groups excluding carboxylic acids is 1. The summed E-state index contributed by atoms with van der Waals surface area (Å²) < 4.78 is 10.1. The zero-order valence-electron chi connectivity index (χ0n) is 11.9. The maximum absolute atomic E-state index is 11.7. The number of esters is 1. The average molecular weight is 327 g/mol. The van der Waals surface area contributed by atoms with Gasteiger partial charge >= 0.3 is 5.97 Å². The molecule has 0 saturated carbocycles. The molecule has 0 radical (unpaired) electrons.